The summed E-state index contributed by atoms with van der Waals surface area (Å²) in [4.78, 5) is 0. The zero-order valence-electron chi connectivity index (χ0n) is 14.8. The Kier molecular flexibility index (Phi) is 7.21. The van der Waals surface area contributed by atoms with Gasteiger partial charge in [-0.15, -0.1) is 0 Å². The smallest absolute Gasteiger partial charge is 0.204 e. The number of hydrogen-bond acceptors (Lipinski definition) is 2. The van der Waals surface area contributed by atoms with Crippen molar-refractivity contribution in [1.82, 2.24) is 0 Å². The average Bonchev–Trinajstić information content (AvgIpc) is 2.64. The van der Waals surface area contributed by atoms with Crippen LogP contribution in [0.3, 0.4) is 0 Å². The van der Waals surface area contributed by atoms with E-state index in [9.17, 15) is 22.0 Å². The number of allylic oxidation sites excluding steroid dienone is 1. The zero-order valence-corrected chi connectivity index (χ0v) is 14.8. The van der Waals surface area contributed by atoms with Crippen LogP contribution in [0.2, 0.25) is 0 Å². The predicted molar refractivity (Wildman–Crippen MR) is 92.9 cm³/mol. The Morgan fingerprint density at radius 3 is 2.15 bits per heavy atom. The van der Waals surface area contributed by atoms with E-state index in [0.29, 0.717) is 5.56 Å². The molecule has 0 amide bonds. The Morgan fingerprint density at radius 2 is 1.59 bits per heavy atom. The Hall–Kier alpha value is -2.57. The maximum atomic E-state index is 14.3. The van der Waals surface area contributed by atoms with E-state index in [2.05, 4.69) is 0 Å². The lowest BCUT2D eigenvalue weighted by molar-refractivity contribution is 0.104. The van der Waals surface area contributed by atoms with Crippen molar-refractivity contribution < 1.29 is 31.4 Å². The molecule has 0 bridgehead atoms. The molecule has 0 saturated carbocycles. The van der Waals surface area contributed by atoms with Crippen molar-refractivity contribution in [3.05, 3.63) is 65.0 Å². The van der Waals surface area contributed by atoms with Crippen molar-refractivity contribution in [3.8, 4) is 11.5 Å². The molecule has 2 atom stereocenters. The number of hydrogen-bond donors (Lipinski definition) is 0. The summed E-state index contributed by atoms with van der Waals surface area (Å²) < 4.78 is 79.7. The van der Waals surface area contributed by atoms with Gasteiger partial charge in [0.05, 0.1) is 6.61 Å². The Morgan fingerprint density at radius 1 is 0.963 bits per heavy atom. The molecule has 2 nitrogen and oxygen atoms in total. The highest BCUT2D eigenvalue weighted by molar-refractivity contribution is 5.49. The molecule has 2 rings (SSSR count). The van der Waals surface area contributed by atoms with Crippen LogP contribution in [0.15, 0.2) is 36.4 Å². The molecule has 0 N–H and O–H groups in total. The minimum absolute atomic E-state index is 0.130. The van der Waals surface area contributed by atoms with Gasteiger partial charge >= 0.3 is 0 Å². The van der Waals surface area contributed by atoms with Crippen LogP contribution in [-0.2, 0) is 0 Å². The summed E-state index contributed by atoms with van der Waals surface area (Å²) in [6.45, 7) is 2.55. The maximum Gasteiger partial charge on any atom is 0.204 e. The van der Waals surface area contributed by atoms with Crippen molar-refractivity contribution in [1.29, 1.82) is 0 Å². The fraction of sp³-hybridized carbons (Fsp3) is 0.300. The first-order chi connectivity index (χ1) is 12.9. The van der Waals surface area contributed by atoms with Gasteiger partial charge in [0.15, 0.2) is 23.8 Å². The van der Waals surface area contributed by atoms with Gasteiger partial charge in [-0.1, -0.05) is 24.3 Å². The van der Waals surface area contributed by atoms with E-state index in [4.69, 9.17) is 9.47 Å². The third-order valence-electron chi connectivity index (χ3n) is 3.71. The lowest BCUT2D eigenvalue weighted by Crippen LogP contribution is -2.20. The van der Waals surface area contributed by atoms with Crippen LogP contribution in [0.1, 0.15) is 31.1 Å². The fourth-order valence-electron chi connectivity index (χ4n) is 2.40. The SMILES string of the molecule is C/C=C/c1ccc(C(F)C(F)COc2ccc(OCC)c(F)c2F)c(F)c1. The van der Waals surface area contributed by atoms with E-state index >= 15 is 0 Å². The minimum Gasteiger partial charge on any atom is -0.491 e. The monoisotopic (exact) mass is 386 g/mol. The van der Waals surface area contributed by atoms with Crippen LogP contribution in [0.4, 0.5) is 22.0 Å². The minimum atomic E-state index is -2.32. The quantitative estimate of drug-likeness (QED) is 0.521. The van der Waals surface area contributed by atoms with Crippen LogP contribution in [0.5, 0.6) is 11.5 Å². The van der Waals surface area contributed by atoms with Gasteiger partial charge in [0, 0.05) is 5.56 Å². The summed E-state index contributed by atoms with van der Waals surface area (Å²) in [7, 11) is 0. The lowest BCUT2D eigenvalue weighted by Gasteiger charge is -2.16. The van der Waals surface area contributed by atoms with Crippen molar-refractivity contribution >= 4 is 6.08 Å². The van der Waals surface area contributed by atoms with Crippen LogP contribution in [0.25, 0.3) is 6.08 Å². The summed E-state index contributed by atoms with van der Waals surface area (Å²) in [5.74, 6) is -4.46. The molecule has 7 heteroatoms. The molecule has 2 aromatic rings. The van der Waals surface area contributed by atoms with Gasteiger partial charge in [0.2, 0.25) is 11.6 Å². The van der Waals surface area contributed by atoms with E-state index in [1.165, 1.54) is 6.07 Å². The highest BCUT2D eigenvalue weighted by atomic mass is 19.2. The van der Waals surface area contributed by atoms with Crippen molar-refractivity contribution in [2.24, 2.45) is 0 Å². The molecule has 0 aromatic heterocycles. The number of ether oxygens (including phenoxy) is 2. The van der Waals surface area contributed by atoms with E-state index in [1.54, 1.807) is 26.0 Å². The molecule has 0 aliphatic carbocycles. The Balaban J connectivity index is 2.07. The van der Waals surface area contributed by atoms with Crippen LogP contribution in [-0.4, -0.2) is 19.4 Å². The maximum absolute atomic E-state index is 14.3. The molecular formula is C20H19F5O2. The summed E-state index contributed by atoms with van der Waals surface area (Å²) in [6, 6.07) is 5.84. The molecule has 0 spiro atoms. The second-order valence-corrected chi connectivity index (χ2v) is 5.63. The first-order valence-electron chi connectivity index (χ1n) is 8.32. The highest BCUT2D eigenvalue weighted by Gasteiger charge is 2.27. The average molecular weight is 386 g/mol. The zero-order chi connectivity index (χ0) is 20.0. The van der Waals surface area contributed by atoms with E-state index in [1.807, 2.05) is 0 Å². The molecule has 2 unspecified atom stereocenters. The predicted octanol–water partition coefficient (Wildman–Crippen LogP) is 5.96. The molecule has 146 valence electrons. The van der Waals surface area contributed by atoms with Crippen LogP contribution in [0, 0.1) is 17.5 Å². The molecular weight excluding hydrogens is 367 g/mol. The summed E-state index contributed by atoms with van der Waals surface area (Å²) in [6.07, 6.45) is -1.31. The van der Waals surface area contributed by atoms with E-state index in [0.717, 1.165) is 24.3 Å². The molecule has 0 saturated heterocycles. The molecule has 2 aromatic carbocycles. The van der Waals surface area contributed by atoms with Gasteiger partial charge in [-0.2, -0.15) is 8.78 Å². The number of alkyl halides is 2. The highest BCUT2D eigenvalue weighted by Crippen LogP contribution is 2.30. The van der Waals surface area contributed by atoms with Crippen LogP contribution >= 0.6 is 0 Å². The van der Waals surface area contributed by atoms with Gasteiger partial charge in [-0.05, 0) is 37.6 Å². The molecule has 27 heavy (non-hydrogen) atoms. The summed E-state index contributed by atoms with van der Waals surface area (Å²) in [5, 5.41) is 0. The van der Waals surface area contributed by atoms with Gasteiger partial charge < -0.3 is 9.47 Å². The Bertz CT molecular complexity index is 807. The summed E-state index contributed by atoms with van der Waals surface area (Å²) >= 11 is 0. The van der Waals surface area contributed by atoms with E-state index in [-0.39, 0.29) is 12.4 Å². The van der Waals surface area contributed by atoms with Crippen LogP contribution < -0.4 is 9.47 Å². The second kappa shape index (κ2) is 9.39. The first kappa shape index (κ1) is 20.7. The topological polar surface area (TPSA) is 18.5 Å². The van der Waals surface area contributed by atoms with Gasteiger partial charge in [-0.25, -0.2) is 13.2 Å². The third-order valence-corrected chi connectivity index (χ3v) is 3.71. The lowest BCUT2D eigenvalue weighted by atomic mass is 10.0. The number of halogens is 5. The van der Waals surface area contributed by atoms with Gasteiger partial charge in [0.1, 0.15) is 12.4 Å². The largest absolute Gasteiger partial charge is 0.491 e. The normalized spacial score (nSPS) is 13.6. The van der Waals surface area contributed by atoms with Gasteiger partial charge in [0.25, 0.3) is 0 Å². The van der Waals surface area contributed by atoms with E-state index < -0.39 is 47.7 Å². The van der Waals surface area contributed by atoms with Crippen molar-refractivity contribution in [2.75, 3.05) is 13.2 Å². The number of benzene rings is 2. The summed E-state index contributed by atoms with van der Waals surface area (Å²) in [5.41, 5.74) is 0.0299. The van der Waals surface area contributed by atoms with Gasteiger partial charge in [-0.3, -0.25) is 0 Å². The third kappa shape index (κ3) is 4.99. The standard InChI is InChI=1S/C20H19F5O2/c1-3-5-12-6-7-13(14(21)10-12)18(23)15(22)11-27-17-9-8-16(26-4-2)19(24)20(17)25/h3,5-10,15,18H,4,11H2,1-2H3/b5-3+. The molecule has 0 heterocycles. The first-order valence-corrected chi connectivity index (χ1v) is 8.32. The molecule has 0 aliphatic rings. The Labute approximate surface area is 154 Å². The van der Waals surface area contributed by atoms with Crippen molar-refractivity contribution in [2.45, 2.75) is 26.2 Å². The number of rotatable bonds is 8. The van der Waals surface area contributed by atoms with Crippen molar-refractivity contribution in [3.63, 3.8) is 0 Å². The molecule has 0 fully saturated rings. The second-order valence-electron chi connectivity index (χ2n) is 5.63. The fourth-order valence-corrected chi connectivity index (χ4v) is 2.40. The molecule has 0 radical (unpaired) electrons. The molecule has 0 aliphatic heterocycles.